The molecule has 6 nitrogen and oxygen atoms in total. The quantitative estimate of drug-likeness (QED) is 0.615. The molecule has 0 saturated carbocycles. The molecule has 2 atom stereocenters. The molecule has 1 rings (SSSR count). The number of carbonyl (C=O) groups excluding carboxylic acids is 1. The fourth-order valence-electron chi connectivity index (χ4n) is 1.66. The molecular weight excluding hydrogens is 287 g/mol. The zero-order valence-electron chi connectivity index (χ0n) is 11.0. The Morgan fingerprint density at radius 2 is 2.25 bits per heavy atom. The molecule has 1 amide bonds. The maximum atomic E-state index is 13.2. The Morgan fingerprint density at radius 3 is 2.75 bits per heavy atom. The number of carbonyl (C=O) groups is 1. The van der Waals surface area contributed by atoms with Crippen LogP contribution in [0.15, 0.2) is 18.2 Å². The predicted octanol–water partition coefficient (Wildman–Crippen LogP) is 1.58. The summed E-state index contributed by atoms with van der Waals surface area (Å²) < 4.78 is 13.2. The molecule has 0 aromatic heterocycles. The Balaban J connectivity index is 2.97. The minimum absolute atomic E-state index is 0.145. The average Bonchev–Trinajstić information content (AvgIpc) is 2.39. The summed E-state index contributed by atoms with van der Waals surface area (Å²) in [7, 11) is 0. The summed E-state index contributed by atoms with van der Waals surface area (Å²) in [6.07, 6.45) is 1.77. The number of nitro benzene ring substituents is 1. The second kappa shape index (κ2) is 7.20. The van der Waals surface area contributed by atoms with Crippen LogP contribution in [0, 0.1) is 15.9 Å². The van der Waals surface area contributed by atoms with Gasteiger partial charge in [-0.15, -0.1) is 0 Å². The van der Waals surface area contributed by atoms with E-state index in [-0.39, 0.29) is 17.4 Å². The first-order valence-electron chi connectivity index (χ1n) is 5.79. The molecular formula is C12H15FN2O4S. The van der Waals surface area contributed by atoms with Crippen molar-refractivity contribution in [3.05, 3.63) is 39.7 Å². The van der Waals surface area contributed by atoms with Crippen LogP contribution in [0.1, 0.15) is 17.3 Å². The lowest BCUT2D eigenvalue weighted by Gasteiger charge is -2.21. The first-order chi connectivity index (χ1) is 9.40. The van der Waals surface area contributed by atoms with E-state index >= 15 is 0 Å². The first-order valence-corrected chi connectivity index (χ1v) is 7.08. The molecule has 0 fully saturated rings. The van der Waals surface area contributed by atoms with Gasteiger partial charge in [-0.05, 0) is 25.3 Å². The molecule has 0 aliphatic rings. The minimum atomic E-state index is -0.740. The van der Waals surface area contributed by atoms with E-state index in [1.807, 2.05) is 0 Å². The summed E-state index contributed by atoms with van der Waals surface area (Å²) >= 11 is 1.36. The lowest BCUT2D eigenvalue weighted by molar-refractivity contribution is -0.385. The number of aliphatic hydroxyl groups excluding tert-OH is 1. The van der Waals surface area contributed by atoms with Crippen molar-refractivity contribution in [2.75, 3.05) is 12.9 Å². The number of benzene rings is 1. The number of halogens is 1. The number of hydrogen-bond acceptors (Lipinski definition) is 5. The summed E-state index contributed by atoms with van der Waals surface area (Å²) in [5, 5.41) is 22.2. The van der Waals surface area contributed by atoms with E-state index < -0.39 is 28.4 Å². The zero-order valence-corrected chi connectivity index (χ0v) is 11.8. The SMILES string of the molecule is CSC(CO)C(C)NC(=O)c1cc(F)ccc1[N+](=O)[O-]. The molecule has 0 aliphatic carbocycles. The van der Waals surface area contributed by atoms with Crippen LogP contribution < -0.4 is 5.32 Å². The molecule has 8 heteroatoms. The summed E-state index contributed by atoms with van der Waals surface area (Å²) in [6, 6.07) is 2.29. The highest BCUT2D eigenvalue weighted by molar-refractivity contribution is 7.99. The number of nitrogens with zero attached hydrogens (tertiary/aromatic N) is 1. The topological polar surface area (TPSA) is 92.5 Å². The summed E-state index contributed by atoms with van der Waals surface area (Å²) in [4.78, 5) is 22.1. The molecule has 0 radical (unpaired) electrons. The highest BCUT2D eigenvalue weighted by Gasteiger charge is 2.24. The van der Waals surface area contributed by atoms with Crippen molar-refractivity contribution >= 4 is 23.4 Å². The number of nitrogens with one attached hydrogen (secondary N) is 1. The Labute approximate surface area is 119 Å². The van der Waals surface area contributed by atoms with Crippen LogP contribution in [0.4, 0.5) is 10.1 Å². The van der Waals surface area contributed by atoms with Gasteiger partial charge < -0.3 is 10.4 Å². The van der Waals surface area contributed by atoms with Crippen molar-refractivity contribution in [2.24, 2.45) is 0 Å². The smallest absolute Gasteiger partial charge is 0.282 e. The monoisotopic (exact) mass is 302 g/mol. The lowest BCUT2D eigenvalue weighted by Crippen LogP contribution is -2.41. The number of nitro groups is 1. The number of rotatable bonds is 6. The third-order valence-corrected chi connectivity index (χ3v) is 3.96. The van der Waals surface area contributed by atoms with Crippen LogP contribution in [0.2, 0.25) is 0 Å². The Hall–Kier alpha value is -1.67. The fraction of sp³-hybridized carbons (Fsp3) is 0.417. The molecule has 2 N–H and O–H groups in total. The van der Waals surface area contributed by atoms with E-state index in [0.717, 1.165) is 18.2 Å². The van der Waals surface area contributed by atoms with Gasteiger partial charge >= 0.3 is 0 Å². The zero-order chi connectivity index (χ0) is 15.3. The van der Waals surface area contributed by atoms with Gasteiger partial charge in [-0.1, -0.05) is 0 Å². The summed E-state index contributed by atoms with van der Waals surface area (Å²) in [5.41, 5.74) is -0.791. The van der Waals surface area contributed by atoms with Crippen molar-refractivity contribution in [1.82, 2.24) is 5.32 Å². The Morgan fingerprint density at radius 1 is 1.60 bits per heavy atom. The number of amides is 1. The standard InChI is InChI=1S/C12H15FN2O4S/c1-7(11(6-16)20-2)14-12(17)9-5-8(13)3-4-10(9)15(18)19/h3-5,7,11,16H,6H2,1-2H3,(H,14,17). The third kappa shape index (κ3) is 3.91. The van der Waals surface area contributed by atoms with E-state index in [4.69, 9.17) is 5.11 Å². The van der Waals surface area contributed by atoms with Gasteiger partial charge in [-0.25, -0.2) is 4.39 Å². The van der Waals surface area contributed by atoms with E-state index in [0.29, 0.717) is 0 Å². The van der Waals surface area contributed by atoms with E-state index in [1.165, 1.54) is 11.8 Å². The van der Waals surface area contributed by atoms with Crippen LogP contribution in [0.3, 0.4) is 0 Å². The van der Waals surface area contributed by atoms with E-state index in [9.17, 15) is 19.3 Å². The highest BCUT2D eigenvalue weighted by Crippen LogP contribution is 2.20. The van der Waals surface area contributed by atoms with Crippen LogP contribution >= 0.6 is 11.8 Å². The molecule has 110 valence electrons. The normalized spacial score (nSPS) is 13.6. The van der Waals surface area contributed by atoms with Crippen molar-refractivity contribution in [2.45, 2.75) is 18.2 Å². The highest BCUT2D eigenvalue weighted by atomic mass is 32.2. The van der Waals surface area contributed by atoms with Crippen LogP contribution in [-0.2, 0) is 0 Å². The maximum absolute atomic E-state index is 13.2. The largest absolute Gasteiger partial charge is 0.395 e. The Bertz CT molecular complexity index is 508. The second-order valence-corrected chi connectivity index (χ2v) is 5.21. The van der Waals surface area contributed by atoms with Gasteiger partial charge in [0.25, 0.3) is 11.6 Å². The van der Waals surface area contributed by atoms with Crippen LogP contribution in [0.25, 0.3) is 0 Å². The van der Waals surface area contributed by atoms with Crippen molar-refractivity contribution in [1.29, 1.82) is 0 Å². The third-order valence-electron chi connectivity index (χ3n) is 2.80. The van der Waals surface area contributed by atoms with Gasteiger partial charge in [0, 0.05) is 17.4 Å². The van der Waals surface area contributed by atoms with Crippen molar-refractivity contribution < 1.29 is 19.2 Å². The van der Waals surface area contributed by atoms with Gasteiger partial charge in [0.2, 0.25) is 0 Å². The molecule has 1 aromatic rings. The number of thioether (sulfide) groups is 1. The van der Waals surface area contributed by atoms with Crippen LogP contribution in [-0.4, -0.2) is 40.1 Å². The molecule has 0 bridgehead atoms. The molecule has 0 saturated heterocycles. The lowest BCUT2D eigenvalue weighted by atomic mass is 10.1. The first kappa shape index (κ1) is 16.4. The van der Waals surface area contributed by atoms with E-state index in [1.54, 1.807) is 13.2 Å². The van der Waals surface area contributed by atoms with Crippen molar-refractivity contribution in [3.8, 4) is 0 Å². The summed E-state index contributed by atoms with van der Waals surface area (Å²) in [6.45, 7) is 1.52. The predicted molar refractivity (Wildman–Crippen MR) is 74.4 cm³/mol. The second-order valence-electron chi connectivity index (χ2n) is 4.14. The van der Waals surface area contributed by atoms with Gasteiger partial charge in [-0.3, -0.25) is 14.9 Å². The number of aliphatic hydroxyl groups is 1. The van der Waals surface area contributed by atoms with Gasteiger partial charge in [0.05, 0.1) is 11.5 Å². The van der Waals surface area contributed by atoms with Crippen molar-refractivity contribution in [3.63, 3.8) is 0 Å². The average molecular weight is 302 g/mol. The fourth-order valence-corrected chi connectivity index (χ4v) is 2.29. The molecule has 0 aliphatic heterocycles. The molecule has 1 aromatic carbocycles. The maximum Gasteiger partial charge on any atom is 0.282 e. The van der Waals surface area contributed by atoms with Gasteiger partial charge in [0.15, 0.2) is 0 Å². The molecule has 2 unspecified atom stereocenters. The molecule has 20 heavy (non-hydrogen) atoms. The van der Waals surface area contributed by atoms with Gasteiger partial charge in [0.1, 0.15) is 11.4 Å². The minimum Gasteiger partial charge on any atom is -0.395 e. The molecule has 0 heterocycles. The number of hydrogen-bond donors (Lipinski definition) is 2. The molecule has 0 spiro atoms. The Kier molecular flexibility index (Phi) is 5.90. The summed E-state index contributed by atoms with van der Waals surface area (Å²) in [5.74, 6) is -1.46. The van der Waals surface area contributed by atoms with E-state index in [2.05, 4.69) is 5.32 Å². The van der Waals surface area contributed by atoms with Crippen LogP contribution in [0.5, 0.6) is 0 Å². The van der Waals surface area contributed by atoms with Gasteiger partial charge in [-0.2, -0.15) is 11.8 Å².